The largest absolute Gasteiger partial charge is 0.295 e. The molecule has 2 rings (SSSR count). The number of nitrogens with two attached hydrogens (primary N) is 1. The Morgan fingerprint density at radius 1 is 1.33 bits per heavy atom. The van der Waals surface area contributed by atoms with Gasteiger partial charge in [0.15, 0.2) is 12.0 Å². The number of nitrogen functional groups attached to an aromatic ring is 1. The van der Waals surface area contributed by atoms with Gasteiger partial charge in [0.2, 0.25) is 0 Å². The van der Waals surface area contributed by atoms with Gasteiger partial charge in [-0.25, -0.2) is 4.57 Å². The van der Waals surface area contributed by atoms with Crippen molar-refractivity contribution in [3.63, 3.8) is 0 Å². The van der Waals surface area contributed by atoms with Crippen LogP contribution in [-0.2, 0) is 0 Å². The quantitative estimate of drug-likeness (QED) is 0.442. The normalized spacial score (nSPS) is 10.2. The number of benzene rings is 1. The number of ketones is 1. The van der Waals surface area contributed by atoms with Crippen LogP contribution in [0.3, 0.4) is 0 Å². The van der Waals surface area contributed by atoms with E-state index in [1.165, 1.54) is 4.68 Å². The predicted octanol–water partition coefficient (Wildman–Crippen LogP) is 0.681. The van der Waals surface area contributed by atoms with Crippen LogP contribution in [-0.4, -0.2) is 10.5 Å². The van der Waals surface area contributed by atoms with Crippen LogP contribution in [0.1, 0.15) is 17.3 Å². The first-order chi connectivity index (χ1) is 7.16. The summed E-state index contributed by atoms with van der Waals surface area (Å²) in [5.41, 5.74) is 1.69. The lowest BCUT2D eigenvalue weighted by atomic mass is 10.1. The monoisotopic (exact) mass is 202 g/mol. The highest BCUT2D eigenvalue weighted by Crippen LogP contribution is 2.04. The molecule has 2 N–H and O–H groups in total. The Morgan fingerprint density at radius 2 is 2.00 bits per heavy atom. The van der Waals surface area contributed by atoms with Crippen molar-refractivity contribution in [2.75, 3.05) is 5.84 Å². The van der Waals surface area contributed by atoms with E-state index in [1.54, 1.807) is 31.6 Å². The molecule has 2 aromatic rings. The van der Waals surface area contributed by atoms with Crippen molar-refractivity contribution in [1.82, 2.24) is 4.68 Å². The summed E-state index contributed by atoms with van der Waals surface area (Å²) in [7, 11) is 0. The van der Waals surface area contributed by atoms with Crippen molar-refractivity contribution in [3.05, 3.63) is 48.5 Å². The van der Waals surface area contributed by atoms with Crippen molar-refractivity contribution in [1.29, 1.82) is 0 Å². The zero-order valence-electron chi connectivity index (χ0n) is 8.42. The van der Waals surface area contributed by atoms with Crippen LogP contribution in [0.4, 0.5) is 0 Å². The molecule has 0 amide bonds. The van der Waals surface area contributed by atoms with Crippen molar-refractivity contribution in [3.8, 4) is 5.69 Å². The second-order valence-corrected chi connectivity index (χ2v) is 3.37. The number of rotatable bonds is 2. The van der Waals surface area contributed by atoms with E-state index in [0.717, 1.165) is 5.69 Å². The third-order valence-corrected chi connectivity index (χ3v) is 2.23. The molecule has 0 aliphatic rings. The maximum absolute atomic E-state index is 11.1. The summed E-state index contributed by atoms with van der Waals surface area (Å²) < 4.78 is 3.35. The van der Waals surface area contributed by atoms with Crippen molar-refractivity contribution < 1.29 is 9.36 Å². The Morgan fingerprint density at radius 3 is 2.47 bits per heavy atom. The van der Waals surface area contributed by atoms with Gasteiger partial charge in [0.05, 0.1) is 0 Å². The van der Waals surface area contributed by atoms with Crippen LogP contribution >= 0.6 is 0 Å². The van der Waals surface area contributed by atoms with E-state index >= 15 is 0 Å². The molecule has 1 heterocycles. The maximum Gasteiger partial charge on any atom is 0.272 e. The molecule has 0 saturated heterocycles. The zero-order chi connectivity index (χ0) is 10.8. The molecule has 0 aliphatic carbocycles. The lowest BCUT2D eigenvalue weighted by Crippen LogP contribution is -2.28. The minimum Gasteiger partial charge on any atom is -0.295 e. The predicted molar refractivity (Wildman–Crippen MR) is 56.1 cm³/mol. The van der Waals surface area contributed by atoms with Crippen LogP contribution in [0, 0.1) is 0 Å². The average Bonchev–Trinajstić information content (AvgIpc) is 2.65. The summed E-state index contributed by atoms with van der Waals surface area (Å²) in [6.07, 6.45) is 5.35. The smallest absolute Gasteiger partial charge is 0.272 e. The minimum absolute atomic E-state index is 0.0722. The van der Waals surface area contributed by atoms with E-state index in [1.807, 2.05) is 22.9 Å². The highest BCUT2D eigenvalue weighted by molar-refractivity contribution is 5.94. The molecule has 1 aromatic carbocycles. The topological polar surface area (TPSA) is 51.9 Å². The van der Waals surface area contributed by atoms with E-state index in [4.69, 9.17) is 5.84 Å². The number of carbonyl (C=O) groups excluding carboxylic acids is 1. The molecule has 76 valence electrons. The summed E-state index contributed by atoms with van der Waals surface area (Å²) in [6, 6.07) is 7.38. The van der Waals surface area contributed by atoms with E-state index in [2.05, 4.69) is 0 Å². The highest BCUT2D eigenvalue weighted by atomic mass is 16.1. The third-order valence-electron chi connectivity index (χ3n) is 2.23. The minimum atomic E-state index is 0.0722. The summed E-state index contributed by atoms with van der Waals surface area (Å²) in [5, 5.41) is 0. The molecule has 15 heavy (non-hydrogen) atoms. The van der Waals surface area contributed by atoms with Gasteiger partial charge in [-0.2, -0.15) is 0 Å². The summed E-state index contributed by atoms with van der Waals surface area (Å²) in [4.78, 5) is 11.1. The van der Waals surface area contributed by atoms with Gasteiger partial charge in [0, 0.05) is 5.56 Å². The molecule has 0 atom stereocenters. The van der Waals surface area contributed by atoms with E-state index in [9.17, 15) is 4.79 Å². The first kappa shape index (κ1) is 9.45. The number of nitrogens with zero attached hydrogens (tertiary/aromatic N) is 2. The molecular weight excluding hydrogens is 190 g/mol. The van der Waals surface area contributed by atoms with Crippen LogP contribution in [0.5, 0.6) is 0 Å². The number of Topliss-reactive ketones (excluding diaryl/α,β-unsaturated/α-hetero) is 1. The second kappa shape index (κ2) is 3.57. The molecule has 0 saturated carbocycles. The standard InChI is InChI=1S/C11H12N3O/c1-9(15)10-2-4-11(5-3-10)13-6-7-14(12)8-13/h2-8H,12H2,1H3/q+1. The average molecular weight is 202 g/mol. The fraction of sp³-hybridized carbons (Fsp3) is 0.0909. The fourth-order valence-electron chi connectivity index (χ4n) is 1.39. The summed E-state index contributed by atoms with van der Waals surface area (Å²) in [6.45, 7) is 1.55. The molecule has 0 aliphatic heterocycles. The van der Waals surface area contributed by atoms with E-state index < -0.39 is 0 Å². The van der Waals surface area contributed by atoms with E-state index in [0.29, 0.717) is 5.56 Å². The SMILES string of the molecule is CC(=O)c1ccc(-[n+]2ccn(N)c2)cc1. The number of hydrogen-bond acceptors (Lipinski definition) is 2. The zero-order valence-corrected chi connectivity index (χ0v) is 8.42. The molecular formula is C11H12N3O+. The lowest BCUT2D eigenvalue weighted by molar-refractivity contribution is -0.595. The Kier molecular flexibility index (Phi) is 2.25. The molecule has 0 spiro atoms. The van der Waals surface area contributed by atoms with E-state index in [-0.39, 0.29) is 5.78 Å². The van der Waals surface area contributed by atoms with Crippen LogP contribution < -0.4 is 10.4 Å². The lowest BCUT2D eigenvalue weighted by Gasteiger charge is -1.97. The fourth-order valence-corrected chi connectivity index (χ4v) is 1.39. The van der Waals surface area contributed by atoms with Gasteiger partial charge in [-0.15, -0.1) is 4.68 Å². The first-order valence-electron chi connectivity index (χ1n) is 4.62. The Hall–Kier alpha value is -2.10. The number of imidazole rings is 1. The molecule has 4 heteroatoms. The number of carbonyl (C=O) groups is 1. The van der Waals surface area contributed by atoms with Gasteiger partial charge < -0.3 is 0 Å². The van der Waals surface area contributed by atoms with Crippen molar-refractivity contribution >= 4 is 5.78 Å². The van der Waals surface area contributed by atoms with Gasteiger partial charge in [0.25, 0.3) is 6.33 Å². The molecule has 0 fully saturated rings. The van der Waals surface area contributed by atoms with Gasteiger partial charge in [-0.1, -0.05) is 0 Å². The van der Waals surface area contributed by atoms with Crippen LogP contribution in [0.15, 0.2) is 43.0 Å². The summed E-state index contributed by atoms with van der Waals surface area (Å²) in [5.74, 6) is 5.61. The first-order valence-corrected chi connectivity index (χ1v) is 4.62. The Labute approximate surface area is 87.5 Å². The molecule has 1 aromatic heterocycles. The Bertz CT molecular complexity index is 485. The van der Waals surface area contributed by atoms with Gasteiger partial charge >= 0.3 is 0 Å². The molecule has 4 nitrogen and oxygen atoms in total. The van der Waals surface area contributed by atoms with Gasteiger partial charge in [-0.3, -0.25) is 10.6 Å². The third kappa shape index (κ3) is 1.88. The summed E-state index contributed by atoms with van der Waals surface area (Å²) >= 11 is 0. The molecule has 0 unspecified atom stereocenters. The van der Waals surface area contributed by atoms with Crippen molar-refractivity contribution in [2.45, 2.75) is 6.92 Å². The van der Waals surface area contributed by atoms with Gasteiger partial charge in [0.1, 0.15) is 11.9 Å². The van der Waals surface area contributed by atoms with Crippen molar-refractivity contribution in [2.24, 2.45) is 0 Å². The van der Waals surface area contributed by atoms with Crippen LogP contribution in [0.2, 0.25) is 0 Å². The number of aromatic nitrogens is 2. The highest BCUT2D eigenvalue weighted by Gasteiger charge is 2.05. The second-order valence-electron chi connectivity index (χ2n) is 3.37. The van der Waals surface area contributed by atoms with Gasteiger partial charge in [-0.05, 0) is 31.2 Å². The molecule has 0 radical (unpaired) electrons. The van der Waals surface area contributed by atoms with Crippen LogP contribution in [0.25, 0.3) is 5.69 Å². The Balaban J connectivity index is 2.35. The number of hydrogen-bond donors (Lipinski definition) is 1. The molecule has 0 bridgehead atoms. The maximum atomic E-state index is 11.1.